The Morgan fingerprint density at radius 3 is 2.78 bits per heavy atom. The van der Waals surface area contributed by atoms with Crippen LogP contribution in [-0.4, -0.2) is 24.5 Å². The highest BCUT2D eigenvalue weighted by atomic mass is 32.1. The zero-order valence-electron chi connectivity index (χ0n) is 13.5. The summed E-state index contributed by atoms with van der Waals surface area (Å²) in [7, 11) is 0. The van der Waals surface area contributed by atoms with Crippen LogP contribution in [0.1, 0.15) is 42.9 Å². The van der Waals surface area contributed by atoms with Crippen molar-refractivity contribution < 1.29 is 4.39 Å². The van der Waals surface area contributed by atoms with Crippen molar-refractivity contribution in [3.05, 3.63) is 35.0 Å². The largest absolute Gasteiger partial charge is 0.303 e. The maximum absolute atomic E-state index is 13.5. The van der Waals surface area contributed by atoms with E-state index in [1.807, 2.05) is 17.4 Å². The minimum Gasteiger partial charge on any atom is -0.303 e. The van der Waals surface area contributed by atoms with Gasteiger partial charge in [0.25, 0.3) is 0 Å². The van der Waals surface area contributed by atoms with Gasteiger partial charge in [0.05, 0.1) is 0 Å². The van der Waals surface area contributed by atoms with Crippen molar-refractivity contribution >= 4 is 21.4 Å². The zero-order chi connectivity index (χ0) is 15.4. The molecule has 1 saturated heterocycles. The number of halogens is 1. The summed E-state index contributed by atoms with van der Waals surface area (Å²) in [6.45, 7) is 3.91. The number of thiophene rings is 1. The van der Waals surface area contributed by atoms with Gasteiger partial charge in [-0.15, -0.1) is 11.3 Å². The molecule has 2 saturated carbocycles. The smallest absolute Gasteiger partial charge is 0.124 e. The number of likely N-dealkylation sites (tertiary alicyclic amines) is 1. The maximum Gasteiger partial charge on any atom is 0.124 e. The minimum absolute atomic E-state index is 0.104. The van der Waals surface area contributed by atoms with Gasteiger partial charge in [-0.1, -0.05) is 6.07 Å². The average Bonchev–Trinajstić information content (AvgIpc) is 3.30. The molecular weight excluding hydrogens is 305 g/mol. The number of benzene rings is 1. The topological polar surface area (TPSA) is 3.24 Å². The zero-order valence-corrected chi connectivity index (χ0v) is 14.3. The van der Waals surface area contributed by atoms with Gasteiger partial charge in [-0.25, -0.2) is 4.39 Å². The van der Waals surface area contributed by atoms with Crippen LogP contribution in [0.2, 0.25) is 0 Å². The van der Waals surface area contributed by atoms with E-state index in [1.54, 1.807) is 12.1 Å². The number of fused-ring (bicyclic) bond motifs is 3. The summed E-state index contributed by atoms with van der Waals surface area (Å²) in [5.41, 5.74) is 0. The second-order valence-corrected chi connectivity index (χ2v) is 8.98. The summed E-state index contributed by atoms with van der Waals surface area (Å²) in [4.78, 5) is 4.23. The second-order valence-electron chi connectivity index (χ2n) is 7.86. The van der Waals surface area contributed by atoms with Gasteiger partial charge in [-0.05, 0) is 86.5 Å². The lowest BCUT2D eigenvalue weighted by Crippen LogP contribution is -2.33. The van der Waals surface area contributed by atoms with Gasteiger partial charge in [0, 0.05) is 22.0 Å². The van der Waals surface area contributed by atoms with E-state index in [4.69, 9.17) is 0 Å². The van der Waals surface area contributed by atoms with Crippen LogP contribution in [0.5, 0.6) is 0 Å². The van der Waals surface area contributed by atoms with Gasteiger partial charge in [-0.2, -0.15) is 0 Å². The lowest BCUT2D eigenvalue weighted by Gasteiger charge is -2.33. The molecule has 3 aliphatic rings. The van der Waals surface area contributed by atoms with Crippen LogP contribution in [0.15, 0.2) is 24.3 Å². The van der Waals surface area contributed by atoms with Crippen molar-refractivity contribution in [2.75, 3.05) is 19.6 Å². The molecule has 0 spiro atoms. The fourth-order valence-corrected chi connectivity index (χ4v) is 6.93. The molecule has 2 aliphatic carbocycles. The quantitative estimate of drug-likeness (QED) is 0.742. The fraction of sp³-hybridized carbons (Fsp3) is 0.600. The predicted octanol–water partition coefficient (Wildman–Crippen LogP) is 5.27. The Hall–Kier alpha value is -0.930. The summed E-state index contributed by atoms with van der Waals surface area (Å²) in [5.74, 6) is 3.28. The molecule has 0 amide bonds. The lowest BCUT2D eigenvalue weighted by atomic mass is 9.78. The third-order valence-corrected chi connectivity index (χ3v) is 7.78. The highest BCUT2D eigenvalue weighted by molar-refractivity contribution is 7.19. The molecule has 23 heavy (non-hydrogen) atoms. The molecule has 3 fully saturated rings. The molecule has 1 aliphatic heterocycles. The second kappa shape index (κ2) is 5.56. The van der Waals surface area contributed by atoms with Crippen LogP contribution in [0, 0.1) is 23.6 Å². The molecule has 4 unspecified atom stereocenters. The molecule has 4 atom stereocenters. The first-order valence-corrected chi connectivity index (χ1v) is 10.0. The summed E-state index contributed by atoms with van der Waals surface area (Å²) in [6, 6.07) is 7.63. The molecule has 2 aromatic rings. The van der Waals surface area contributed by atoms with Crippen LogP contribution >= 0.6 is 11.3 Å². The molecule has 2 bridgehead atoms. The van der Waals surface area contributed by atoms with Crippen molar-refractivity contribution in [1.82, 2.24) is 4.90 Å². The third-order valence-electron chi connectivity index (χ3n) is 6.59. The molecule has 1 aromatic carbocycles. The predicted molar refractivity (Wildman–Crippen MR) is 94.5 cm³/mol. The third kappa shape index (κ3) is 2.44. The molecule has 0 N–H and O–H groups in total. The van der Waals surface area contributed by atoms with Crippen LogP contribution in [0.25, 0.3) is 10.1 Å². The van der Waals surface area contributed by atoms with Gasteiger partial charge in [0.1, 0.15) is 5.82 Å². The van der Waals surface area contributed by atoms with E-state index < -0.39 is 0 Å². The first kappa shape index (κ1) is 14.4. The van der Waals surface area contributed by atoms with E-state index >= 15 is 0 Å². The summed E-state index contributed by atoms with van der Waals surface area (Å²) in [5, 5.41) is 1.23. The summed E-state index contributed by atoms with van der Waals surface area (Å²) in [6.07, 6.45) is 7.06. The summed E-state index contributed by atoms with van der Waals surface area (Å²) < 4.78 is 14.6. The first-order valence-electron chi connectivity index (χ1n) is 9.19. The number of hydrogen-bond donors (Lipinski definition) is 0. The molecule has 2 heterocycles. The monoisotopic (exact) mass is 329 g/mol. The van der Waals surface area contributed by atoms with Gasteiger partial charge < -0.3 is 4.90 Å². The van der Waals surface area contributed by atoms with Crippen molar-refractivity contribution in [3.63, 3.8) is 0 Å². The van der Waals surface area contributed by atoms with Crippen molar-refractivity contribution in [2.24, 2.45) is 17.8 Å². The number of nitrogens with zero attached hydrogens (tertiary/aromatic N) is 1. The van der Waals surface area contributed by atoms with Gasteiger partial charge in [-0.3, -0.25) is 0 Å². The van der Waals surface area contributed by atoms with E-state index in [0.29, 0.717) is 0 Å². The van der Waals surface area contributed by atoms with E-state index in [2.05, 4.69) is 11.0 Å². The van der Waals surface area contributed by atoms with Crippen LogP contribution in [-0.2, 0) is 0 Å². The molecule has 0 radical (unpaired) electrons. The molecule has 1 nitrogen and oxygen atoms in total. The van der Waals surface area contributed by atoms with Crippen molar-refractivity contribution in [2.45, 2.75) is 38.0 Å². The van der Waals surface area contributed by atoms with Gasteiger partial charge >= 0.3 is 0 Å². The van der Waals surface area contributed by atoms with E-state index in [-0.39, 0.29) is 5.82 Å². The Labute approximate surface area is 141 Å². The Balaban J connectivity index is 1.47. The molecule has 122 valence electrons. The van der Waals surface area contributed by atoms with Gasteiger partial charge in [0.2, 0.25) is 0 Å². The van der Waals surface area contributed by atoms with Crippen LogP contribution in [0.4, 0.5) is 4.39 Å². The van der Waals surface area contributed by atoms with E-state index in [1.165, 1.54) is 62.0 Å². The Kier molecular flexibility index (Phi) is 3.48. The molecule has 1 aromatic heterocycles. The first-order chi connectivity index (χ1) is 11.3. The average molecular weight is 329 g/mol. The number of rotatable bonds is 3. The normalized spacial score (nSPS) is 34.0. The summed E-state index contributed by atoms with van der Waals surface area (Å²) >= 11 is 1.85. The van der Waals surface area contributed by atoms with E-state index in [0.717, 1.165) is 28.4 Å². The van der Waals surface area contributed by atoms with Crippen molar-refractivity contribution in [1.29, 1.82) is 0 Å². The lowest BCUT2D eigenvalue weighted by molar-refractivity contribution is 0.199. The standard InChI is InChI=1S/C20H24FNS/c21-16-6-5-14-10-19(23-18(14)11-16)20-15-4-3-13(9-15)17(20)12-22-7-1-2-8-22/h5-6,10-11,13,15,17,20H,1-4,7-9,12H2. The highest BCUT2D eigenvalue weighted by Gasteiger charge is 2.48. The Morgan fingerprint density at radius 2 is 1.91 bits per heavy atom. The van der Waals surface area contributed by atoms with Crippen LogP contribution in [0.3, 0.4) is 0 Å². The molecule has 3 heteroatoms. The molecular formula is C20H24FNS. The van der Waals surface area contributed by atoms with Gasteiger partial charge in [0.15, 0.2) is 0 Å². The SMILES string of the molecule is Fc1ccc2cc(C3C4CCC(C4)C3CN3CCCC3)sc2c1. The van der Waals surface area contributed by atoms with Crippen molar-refractivity contribution in [3.8, 4) is 0 Å². The Bertz CT molecular complexity index is 718. The fourth-order valence-electron chi connectivity index (χ4n) is 5.57. The minimum atomic E-state index is -0.104. The molecule has 5 rings (SSSR count). The highest BCUT2D eigenvalue weighted by Crippen LogP contribution is 2.58. The maximum atomic E-state index is 13.5. The van der Waals surface area contributed by atoms with E-state index in [9.17, 15) is 4.39 Å². The Morgan fingerprint density at radius 1 is 1.09 bits per heavy atom. The van der Waals surface area contributed by atoms with Crippen LogP contribution < -0.4 is 0 Å². The number of hydrogen-bond acceptors (Lipinski definition) is 2.